The summed E-state index contributed by atoms with van der Waals surface area (Å²) in [6.07, 6.45) is 2.92. The van der Waals surface area contributed by atoms with Crippen LogP contribution in [-0.2, 0) is 4.79 Å². The molecule has 2 heteroatoms. The Bertz CT molecular complexity index is 245. The highest BCUT2D eigenvalue weighted by Gasteiger charge is 2.34. The lowest BCUT2D eigenvalue weighted by Crippen LogP contribution is -2.41. The van der Waals surface area contributed by atoms with Crippen molar-refractivity contribution in [2.24, 2.45) is 11.3 Å². The maximum Gasteiger partial charge on any atom is 0.137 e. The Morgan fingerprint density at radius 3 is 2.56 bits per heavy atom. The van der Waals surface area contributed by atoms with Crippen molar-refractivity contribution in [2.45, 2.75) is 59.9 Å². The minimum atomic E-state index is 0.270. The Kier molecular flexibility index (Phi) is 4.54. The molecule has 0 aromatic rings. The standard InChI is InChI=1S/C14H27NO/c1-6-15(11(2)3)10-12-9-14(4,5)8-7-13(12)16/h11-12H,6-10H2,1-5H3. The van der Waals surface area contributed by atoms with E-state index in [0.29, 0.717) is 17.2 Å². The van der Waals surface area contributed by atoms with Gasteiger partial charge in [0, 0.05) is 24.9 Å². The molecule has 16 heavy (non-hydrogen) atoms. The van der Waals surface area contributed by atoms with Crippen LogP contribution in [0, 0.1) is 11.3 Å². The second kappa shape index (κ2) is 5.31. The van der Waals surface area contributed by atoms with Gasteiger partial charge in [-0.25, -0.2) is 0 Å². The van der Waals surface area contributed by atoms with Crippen LogP contribution < -0.4 is 0 Å². The van der Waals surface area contributed by atoms with E-state index in [2.05, 4.69) is 39.5 Å². The van der Waals surface area contributed by atoms with Crippen molar-refractivity contribution in [3.05, 3.63) is 0 Å². The van der Waals surface area contributed by atoms with Crippen LogP contribution in [0.3, 0.4) is 0 Å². The predicted octanol–water partition coefficient (Wildman–Crippen LogP) is 3.11. The van der Waals surface area contributed by atoms with E-state index in [9.17, 15) is 4.79 Å². The Labute approximate surface area is 100 Å². The van der Waals surface area contributed by atoms with Crippen LogP contribution in [0.1, 0.15) is 53.9 Å². The molecule has 0 spiro atoms. The second-order valence-corrected chi connectivity index (χ2v) is 6.21. The van der Waals surface area contributed by atoms with Crippen LogP contribution in [0.2, 0.25) is 0 Å². The number of hydrogen-bond acceptors (Lipinski definition) is 2. The van der Waals surface area contributed by atoms with Crippen molar-refractivity contribution in [3.63, 3.8) is 0 Å². The number of carbonyl (C=O) groups excluding carboxylic acids is 1. The van der Waals surface area contributed by atoms with Gasteiger partial charge in [-0.2, -0.15) is 0 Å². The summed E-state index contributed by atoms with van der Waals surface area (Å²) in [5.41, 5.74) is 0.356. The highest BCUT2D eigenvalue weighted by atomic mass is 16.1. The number of hydrogen-bond donors (Lipinski definition) is 0. The fraction of sp³-hybridized carbons (Fsp3) is 0.929. The third-order valence-electron chi connectivity index (χ3n) is 3.89. The molecular formula is C14H27NO. The number of carbonyl (C=O) groups is 1. The SMILES string of the molecule is CCN(CC1CC(C)(C)CCC1=O)C(C)C. The van der Waals surface area contributed by atoms with Gasteiger partial charge >= 0.3 is 0 Å². The van der Waals surface area contributed by atoms with Gasteiger partial charge in [0.1, 0.15) is 5.78 Å². The van der Waals surface area contributed by atoms with Gasteiger partial charge in [0.2, 0.25) is 0 Å². The summed E-state index contributed by atoms with van der Waals surface area (Å²) < 4.78 is 0. The summed E-state index contributed by atoms with van der Waals surface area (Å²) in [4.78, 5) is 14.3. The summed E-state index contributed by atoms with van der Waals surface area (Å²) in [6, 6.07) is 0.544. The molecule has 1 aliphatic rings. The molecule has 1 fully saturated rings. The molecule has 0 radical (unpaired) electrons. The van der Waals surface area contributed by atoms with Gasteiger partial charge in [0.05, 0.1) is 0 Å². The van der Waals surface area contributed by atoms with Gasteiger partial charge in [-0.1, -0.05) is 20.8 Å². The zero-order chi connectivity index (χ0) is 12.3. The van der Waals surface area contributed by atoms with Gasteiger partial charge in [-0.05, 0) is 38.6 Å². The van der Waals surface area contributed by atoms with Crippen LogP contribution in [0.4, 0.5) is 0 Å². The lowest BCUT2D eigenvalue weighted by atomic mass is 9.71. The summed E-state index contributed by atoms with van der Waals surface area (Å²) in [6.45, 7) is 13.2. The Hall–Kier alpha value is -0.370. The van der Waals surface area contributed by atoms with Gasteiger partial charge < -0.3 is 4.90 Å². The van der Waals surface area contributed by atoms with Crippen LogP contribution in [0.5, 0.6) is 0 Å². The van der Waals surface area contributed by atoms with Crippen molar-refractivity contribution in [3.8, 4) is 0 Å². The van der Waals surface area contributed by atoms with E-state index < -0.39 is 0 Å². The first-order chi connectivity index (χ1) is 7.35. The Morgan fingerprint density at radius 1 is 1.44 bits per heavy atom. The van der Waals surface area contributed by atoms with Crippen molar-refractivity contribution in [1.82, 2.24) is 4.90 Å². The summed E-state index contributed by atoms with van der Waals surface area (Å²) >= 11 is 0. The minimum absolute atomic E-state index is 0.270. The maximum atomic E-state index is 11.9. The molecule has 0 N–H and O–H groups in total. The average molecular weight is 225 g/mol. The number of rotatable bonds is 4. The van der Waals surface area contributed by atoms with Crippen LogP contribution in [0.15, 0.2) is 0 Å². The number of Topliss-reactive ketones (excluding diaryl/α,β-unsaturated/α-hetero) is 1. The smallest absolute Gasteiger partial charge is 0.137 e. The van der Waals surface area contributed by atoms with Gasteiger partial charge in [0.15, 0.2) is 0 Å². The summed E-state index contributed by atoms with van der Waals surface area (Å²) in [7, 11) is 0. The van der Waals surface area contributed by atoms with Crippen LogP contribution in [0.25, 0.3) is 0 Å². The third kappa shape index (κ3) is 3.58. The lowest BCUT2D eigenvalue weighted by Gasteiger charge is -2.37. The monoisotopic (exact) mass is 225 g/mol. The molecule has 0 aliphatic heterocycles. The molecule has 0 aromatic heterocycles. The molecule has 0 heterocycles. The van der Waals surface area contributed by atoms with E-state index in [0.717, 1.165) is 32.4 Å². The largest absolute Gasteiger partial charge is 0.300 e. The molecule has 0 bridgehead atoms. The average Bonchev–Trinajstić information content (AvgIpc) is 2.18. The quantitative estimate of drug-likeness (QED) is 0.732. The highest BCUT2D eigenvalue weighted by Crippen LogP contribution is 2.37. The van der Waals surface area contributed by atoms with Gasteiger partial charge in [-0.15, -0.1) is 0 Å². The van der Waals surface area contributed by atoms with Crippen LogP contribution in [-0.4, -0.2) is 29.8 Å². The Balaban J connectivity index is 2.60. The van der Waals surface area contributed by atoms with E-state index >= 15 is 0 Å². The first kappa shape index (κ1) is 13.7. The molecular weight excluding hydrogens is 198 g/mol. The van der Waals surface area contributed by atoms with E-state index in [1.165, 1.54) is 0 Å². The predicted molar refractivity (Wildman–Crippen MR) is 68.5 cm³/mol. The molecule has 0 aromatic carbocycles. The van der Waals surface area contributed by atoms with E-state index in [1.807, 2.05) is 0 Å². The highest BCUT2D eigenvalue weighted by molar-refractivity contribution is 5.82. The second-order valence-electron chi connectivity index (χ2n) is 6.21. The van der Waals surface area contributed by atoms with Crippen molar-refractivity contribution in [1.29, 1.82) is 0 Å². The van der Waals surface area contributed by atoms with Gasteiger partial charge in [0.25, 0.3) is 0 Å². The third-order valence-corrected chi connectivity index (χ3v) is 3.89. The zero-order valence-electron chi connectivity index (χ0n) is 11.5. The minimum Gasteiger partial charge on any atom is -0.300 e. The fourth-order valence-electron chi connectivity index (χ4n) is 2.70. The maximum absolute atomic E-state index is 11.9. The fourth-order valence-corrected chi connectivity index (χ4v) is 2.70. The van der Waals surface area contributed by atoms with Crippen molar-refractivity contribution < 1.29 is 4.79 Å². The molecule has 1 rings (SSSR count). The first-order valence-electron chi connectivity index (χ1n) is 6.62. The molecule has 1 aliphatic carbocycles. The van der Waals surface area contributed by atoms with Crippen LogP contribution >= 0.6 is 0 Å². The number of nitrogens with zero attached hydrogens (tertiary/aromatic N) is 1. The number of ketones is 1. The van der Waals surface area contributed by atoms with Gasteiger partial charge in [-0.3, -0.25) is 4.79 Å². The topological polar surface area (TPSA) is 20.3 Å². The molecule has 1 saturated carbocycles. The molecule has 0 saturated heterocycles. The van der Waals surface area contributed by atoms with E-state index in [-0.39, 0.29) is 5.92 Å². The van der Waals surface area contributed by atoms with E-state index in [1.54, 1.807) is 0 Å². The lowest BCUT2D eigenvalue weighted by molar-refractivity contribution is -0.127. The van der Waals surface area contributed by atoms with Crippen molar-refractivity contribution >= 4 is 5.78 Å². The Morgan fingerprint density at radius 2 is 2.06 bits per heavy atom. The first-order valence-corrected chi connectivity index (χ1v) is 6.62. The molecule has 94 valence electrons. The van der Waals surface area contributed by atoms with E-state index in [4.69, 9.17) is 0 Å². The molecule has 1 unspecified atom stereocenters. The van der Waals surface area contributed by atoms with Crippen molar-refractivity contribution in [2.75, 3.05) is 13.1 Å². The summed E-state index contributed by atoms with van der Waals surface area (Å²) in [5, 5.41) is 0. The molecule has 2 nitrogen and oxygen atoms in total. The molecule has 1 atom stereocenters. The summed E-state index contributed by atoms with van der Waals surface area (Å²) in [5.74, 6) is 0.754. The zero-order valence-corrected chi connectivity index (χ0v) is 11.5. The normalized spacial score (nSPS) is 25.4. The molecule has 0 amide bonds.